The first-order chi connectivity index (χ1) is 14.1. The monoisotopic (exact) mass is 474 g/mol. The summed E-state index contributed by atoms with van der Waals surface area (Å²) in [6.45, 7) is 11.8. The minimum atomic E-state index is -0.618. The molecule has 0 saturated heterocycles. The topological polar surface area (TPSA) is 58.6 Å². The molecule has 0 bridgehead atoms. The Morgan fingerprint density at radius 1 is 1.07 bits per heavy atom. The van der Waals surface area contributed by atoms with Crippen molar-refractivity contribution in [2.45, 2.75) is 60.2 Å². The number of carbonyl (C=O) groups is 2. The van der Waals surface area contributed by atoms with Gasteiger partial charge in [-0.1, -0.05) is 34.1 Å². The fraction of sp³-hybridized carbons (Fsp3) is 0.417. The number of amides is 2. The van der Waals surface area contributed by atoms with Crippen molar-refractivity contribution in [3.63, 3.8) is 0 Å². The average Bonchev–Trinajstić information content (AvgIpc) is 2.67. The van der Waals surface area contributed by atoms with Crippen LogP contribution >= 0.6 is 15.9 Å². The molecule has 0 spiro atoms. The van der Waals surface area contributed by atoms with Gasteiger partial charge in [-0.05, 0) is 82.0 Å². The van der Waals surface area contributed by atoms with Gasteiger partial charge in [0.05, 0.1) is 0 Å². The van der Waals surface area contributed by atoms with Gasteiger partial charge in [-0.3, -0.25) is 9.59 Å². The van der Waals surface area contributed by atoms with Crippen LogP contribution in [0.4, 0.5) is 0 Å². The Balaban J connectivity index is 2.20. The summed E-state index contributed by atoms with van der Waals surface area (Å²) in [6.07, 6.45) is 0. The van der Waals surface area contributed by atoms with E-state index >= 15 is 0 Å². The van der Waals surface area contributed by atoms with Crippen molar-refractivity contribution < 1.29 is 14.3 Å². The van der Waals surface area contributed by atoms with Crippen molar-refractivity contribution >= 4 is 27.7 Å². The molecule has 0 aliphatic heterocycles. The molecule has 2 aromatic carbocycles. The van der Waals surface area contributed by atoms with E-state index in [1.165, 1.54) is 0 Å². The molecule has 0 fully saturated rings. The third-order valence-corrected chi connectivity index (χ3v) is 5.51. The second kappa shape index (κ2) is 10.6. The molecule has 162 valence electrons. The molecule has 5 nitrogen and oxygen atoms in total. The Labute approximate surface area is 187 Å². The molecule has 2 amide bonds. The van der Waals surface area contributed by atoms with E-state index in [2.05, 4.69) is 27.3 Å². The van der Waals surface area contributed by atoms with E-state index in [1.54, 1.807) is 11.8 Å². The van der Waals surface area contributed by atoms with Crippen molar-refractivity contribution in [3.05, 3.63) is 63.1 Å². The van der Waals surface area contributed by atoms with Crippen LogP contribution in [0.3, 0.4) is 0 Å². The van der Waals surface area contributed by atoms with E-state index in [4.69, 9.17) is 4.74 Å². The zero-order chi connectivity index (χ0) is 22.4. The van der Waals surface area contributed by atoms with Crippen molar-refractivity contribution in [2.75, 3.05) is 6.61 Å². The number of ether oxygens (including phenoxy) is 1. The van der Waals surface area contributed by atoms with Crippen LogP contribution in [0.25, 0.3) is 0 Å². The highest BCUT2D eigenvalue weighted by atomic mass is 79.9. The van der Waals surface area contributed by atoms with Crippen LogP contribution in [-0.2, 0) is 16.1 Å². The van der Waals surface area contributed by atoms with E-state index in [9.17, 15) is 9.59 Å². The van der Waals surface area contributed by atoms with E-state index in [-0.39, 0.29) is 24.5 Å². The third-order valence-electron chi connectivity index (χ3n) is 4.98. The van der Waals surface area contributed by atoms with E-state index in [0.717, 1.165) is 26.7 Å². The van der Waals surface area contributed by atoms with Crippen LogP contribution in [0.5, 0.6) is 5.75 Å². The summed E-state index contributed by atoms with van der Waals surface area (Å²) in [5.74, 6) is 0.282. The van der Waals surface area contributed by atoms with Gasteiger partial charge in [0.15, 0.2) is 6.61 Å². The van der Waals surface area contributed by atoms with Crippen LogP contribution in [0, 0.1) is 20.8 Å². The summed E-state index contributed by atoms with van der Waals surface area (Å²) in [5, 5.41) is 2.89. The molecule has 0 aromatic heterocycles. The lowest BCUT2D eigenvalue weighted by atomic mass is 10.1. The van der Waals surface area contributed by atoms with Crippen LogP contribution in [0.15, 0.2) is 40.9 Å². The number of hydrogen-bond donors (Lipinski definition) is 1. The molecular weight excluding hydrogens is 444 g/mol. The van der Waals surface area contributed by atoms with Crippen LogP contribution in [0.2, 0.25) is 0 Å². The number of rotatable bonds is 8. The Kier molecular flexibility index (Phi) is 8.47. The minimum Gasteiger partial charge on any atom is -0.483 e. The number of carbonyl (C=O) groups excluding carboxylic acids is 2. The van der Waals surface area contributed by atoms with Gasteiger partial charge in [0.25, 0.3) is 5.91 Å². The Bertz CT molecular complexity index is 894. The Hall–Kier alpha value is -2.34. The molecule has 2 aromatic rings. The molecule has 1 N–H and O–H groups in total. The summed E-state index contributed by atoms with van der Waals surface area (Å²) in [5.41, 5.74) is 4.16. The van der Waals surface area contributed by atoms with Crippen molar-refractivity contribution in [3.8, 4) is 5.75 Å². The largest absolute Gasteiger partial charge is 0.483 e. The predicted octanol–water partition coefficient (Wildman–Crippen LogP) is 4.70. The van der Waals surface area contributed by atoms with E-state index in [0.29, 0.717) is 12.3 Å². The standard InChI is InChI=1S/C24H31BrN2O3/c1-15(2)26-24(29)19(6)27(13-20-7-9-21(25)10-8-20)23(28)14-30-22-12-16(3)11-17(4)18(22)5/h7-12,15,19H,13-14H2,1-6H3,(H,26,29)/t19-/m0/s1. The van der Waals surface area contributed by atoms with Gasteiger partial charge in [0.2, 0.25) is 5.91 Å². The average molecular weight is 475 g/mol. The van der Waals surface area contributed by atoms with Gasteiger partial charge in [0, 0.05) is 17.1 Å². The maximum Gasteiger partial charge on any atom is 0.261 e. The summed E-state index contributed by atoms with van der Waals surface area (Å²) in [6, 6.07) is 11.1. The lowest BCUT2D eigenvalue weighted by molar-refractivity contribution is -0.142. The van der Waals surface area contributed by atoms with E-state index < -0.39 is 6.04 Å². The third kappa shape index (κ3) is 6.59. The molecule has 2 rings (SSSR count). The van der Waals surface area contributed by atoms with Gasteiger partial charge >= 0.3 is 0 Å². The molecule has 6 heteroatoms. The van der Waals surface area contributed by atoms with Gasteiger partial charge in [-0.25, -0.2) is 0 Å². The number of aryl methyl sites for hydroxylation is 2. The summed E-state index contributed by atoms with van der Waals surface area (Å²) >= 11 is 3.42. The second-order valence-corrected chi connectivity index (χ2v) is 8.90. The summed E-state index contributed by atoms with van der Waals surface area (Å²) in [7, 11) is 0. The number of nitrogens with zero attached hydrogens (tertiary/aromatic N) is 1. The van der Waals surface area contributed by atoms with Crippen LogP contribution in [-0.4, -0.2) is 35.4 Å². The van der Waals surface area contributed by atoms with Crippen molar-refractivity contribution in [2.24, 2.45) is 0 Å². The SMILES string of the molecule is Cc1cc(C)c(C)c(OCC(=O)N(Cc2ccc(Br)cc2)[C@@H](C)C(=O)NC(C)C)c1. The normalized spacial score (nSPS) is 11.9. The lowest BCUT2D eigenvalue weighted by Crippen LogP contribution is -2.50. The van der Waals surface area contributed by atoms with Crippen molar-refractivity contribution in [1.29, 1.82) is 0 Å². The first-order valence-corrected chi connectivity index (χ1v) is 10.9. The number of nitrogens with one attached hydrogen (secondary N) is 1. The van der Waals surface area contributed by atoms with Crippen LogP contribution in [0.1, 0.15) is 43.0 Å². The molecule has 1 atom stereocenters. The molecule has 30 heavy (non-hydrogen) atoms. The minimum absolute atomic E-state index is 0.00116. The first kappa shape index (κ1) is 23.9. The highest BCUT2D eigenvalue weighted by molar-refractivity contribution is 9.10. The number of hydrogen-bond acceptors (Lipinski definition) is 3. The second-order valence-electron chi connectivity index (χ2n) is 7.98. The number of benzene rings is 2. The number of halogens is 1. The Morgan fingerprint density at radius 2 is 1.70 bits per heavy atom. The highest BCUT2D eigenvalue weighted by Crippen LogP contribution is 2.23. The maximum atomic E-state index is 13.1. The molecule has 0 aliphatic carbocycles. The lowest BCUT2D eigenvalue weighted by Gasteiger charge is -2.29. The molecule has 0 unspecified atom stereocenters. The van der Waals surface area contributed by atoms with Crippen LogP contribution < -0.4 is 10.1 Å². The summed E-state index contributed by atoms with van der Waals surface area (Å²) in [4.78, 5) is 27.3. The molecule has 0 heterocycles. The van der Waals surface area contributed by atoms with E-state index in [1.807, 2.05) is 65.0 Å². The quantitative estimate of drug-likeness (QED) is 0.603. The molecular formula is C24H31BrN2O3. The summed E-state index contributed by atoms with van der Waals surface area (Å²) < 4.78 is 6.84. The Morgan fingerprint density at radius 3 is 2.30 bits per heavy atom. The van der Waals surface area contributed by atoms with Gasteiger partial charge in [0.1, 0.15) is 11.8 Å². The first-order valence-electron chi connectivity index (χ1n) is 10.1. The van der Waals surface area contributed by atoms with Crippen molar-refractivity contribution in [1.82, 2.24) is 10.2 Å². The smallest absolute Gasteiger partial charge is 0.261 e. The highest BCUT2D eigenvalue weighted by Gasteiger charge is 2.27. The zero-order valence-electron chi connectivity index (χ0n) is 18.6. The fourth-order valence-corrected chi connectivity index (χ4v) is 3.41. The predicted molar refractivity (Wildman–Crippen MR) is 124 cm³/mol. The molecule has 0 radical (unpaired) electrons. The zero-order valence-corrected chi connectivity index (χ0v) is 20.2. The van der Waals surface area contributed by atoms with Gasteiger partial charge in [-0.2, -0.15) is 0 Å². The maximum absolute atomic E-state index is 13.1. The molecule has 0 aliphatic rings. The molecule has 0 saturated carbocycles. The van der Waals surface area contributed by atoms with Gasteiger partial charge < -0.3 is 15.0 Å². The fourth-order valence-electron chi connectivity index (χ4n) is 3.15. The van der Waals surface area contributed by atoms with Gasteiger partial charge in [-0.15, -0.1) is 0 Å².